The Morgan fingerprint density at radius 3 is 2.45 bits per heavy atom. The number of rotatable bonds is 2. The summed E-state index contributed by atoms with van der Waals surface area (Å²) < 4.78 is 0. The second-order valence-corrected chi connectivity index (χ2v) is 2.15. The SMILES string of the molecule is CCCCC#CCC#CCO. The fourth-order valence-electron chi connectivity index (χ4n) is 0.579. The van der Waals surface area contributed by atoms with Gasteiger partial charge in [0, 0.05) is 6.42 Å². The van der Waals surface area contributed by atoms with Gasteiger partial charge in [-0.2, -0.15) is 0 Å². The van der Waals surface area contributed by atoms with Crippen LogP contribution >= 0.6 is 0 Å². The third kappa shape index (κ3) is 9.08. The van der Waals surface area contributed by atoms with Crippen molar-refractivity contribution in [1.29, 1.82) is 0 Å². The minimum absolute atomic E-state index is 0.0589. The Morgan fingerprint density at radius 2 is 1.82 bits per heavy atom. The van der Waals surface area contributed by atoms with E-state index < -0.39 is 0 Å². The van der Waals surface area contributed by atoms with E-state index in [1.165, 1.54) is 12.8 Å². The molecule has 0 atom stereocenters. The molecule has 0 aromatic carbocycles. The summed E-state index contributed by atoms with van der Waals surface area (Å²) in [6.07, 6.45) is 3.92. The molecule has 1 heteroatoms. The standard InChI is InChI=1S/C10H14O/c1-2-3-4-5-6-7-8-9-10-11/h11H,2-4,7,10H2,1H3. The highest BCUT2D eigenvalue weighted by Gasteiger charge is 1.74. The summed E-state index contributed by atoms with van der Waals surface area (Å²) in [7, 11) is 0. The molecule has 0 fully saturated rings. The minimum atomic E-state index is -0.0589. The van der Waals surface area contributed by atoms with E-state index in [1.54, 1.807) is 0 Å². The lowest BCUT2D eigenvalue weighted by Gasteiger charge is -1.82. The van der Waals surface area contributed by atoms with Gasteiger partial charge < -0.3 is 5.11 Å². The summed E-state index contributed by atoms with van der Waals surface area (Å²) >= 11 is 0. The first-order valence-electron chi connectivity index (χ1n) is 3.94. The molecule has 0 unspecified atom stereocenters. The first kappa shape index (κ1) is 10.1. The lowest BCUT2D eigenvalue weighted by atomic mass is 10.2. The molecule has 0 radical (unpaired) electrons. The highest BCUT2D eigenvalue weighted by atomic mass is 16.2. The molecule has 0 amide bonds. The number of hydrogen-bond acceptors (Lipinski definition) is 1. The van der Waals surface area contributed by atoms with Crippen LogP contribution in [0, 0.1) is 23.7 Å². The van der Waals surface area contributed by atoms with Crippen LogP contribution in [0.5, 0.6) is 0 Å². The van der Waals surface area contributed by atoms with Gasteiger partial charge >= 0.3 is 0 Å². The van der Waals surface area contributed by atoms with Gasteiger partial charge in [0.25, 0.3) is 0 Å². The summed E-state index contributed by atoms with van der Waals surface area (Å²) in [5, 5.41) is 8.29. The van der Waals surface area contributed by atoms with Crippen LogP contribution < -0.4 is 0 Å². The number of unbranched alkanes of at least 4 members (excludes halogenated alkanes) is 2. The predicted octanol–water partition coefficient (Wildman–Crippen LogP) is 1.57. The molecule has 60 valence electrons. The molecule has 1 N–H and O–H groups in total. The Labute approximate surface area is 68.8 Å². The third-order valence-electron chi connectivity index (χ3n) is 1.16. The van der Waals surface area contributed by atoms with Crippen molar-refractivity contribution in [3.05, 3.63) is 0 Å². The van der Waals surface area contributed by atoms with Crippen molar-refractivity contribution in [2.75, 3.05) is 6.61 Å². The van der Waals surface area contributed by atoms with Crippen molar-refractivity contribution >= 4 is 0 Å². The van der Waals surface area contributed by atoms with Crippen molar-refractivity contribution < 1.29 is 5.11 Å². The van der Waals surface area contributed by atoms with Crippen molar-refractivity contribution in [2.45, 2.75) is 32.6 Å². The van der Waals surface area contributed by atoms with Gasteiger partial charge in [-0.25, -0.2) is 0 Å². The molecule has 0 aliphatic heterocycles. The van der Waals surface area contributed by atoms with E-state index in [4.69, 9.17) is 5.11 Å². The van der Waals surface area contributed by atoms with Gasteiger partial charge in [0.15, 0.2) is 0 Å². The van der Waals surface area contributed by atoms with Crippen LogP contribution in [-0.2, 0) is 0 Å². The van der Waals surface area contributed by atoms with E-state index in [-0.39, 0.29) is 6.61 Å². The molecule has 0 aliphatic carbocycles. The monoisotopic (exact) mass is 150 g/mol. The number of hydrogen-bond donors (Lipinski definition) is 1. The average Bonchev–Trinajstić information content (AvgIpc) is 2.03. The zero-order valence-electron chi connectivity index (χ0n) is 6.98. The van der Waals surface area contributed by atoms with Crippen molar-refractivity contribution in [3.63, 3.8) is 0 Å². The molecular weight excluding hydrogens is 136 g/mol. The maximum absolute atomic E-state index is 8.29. The third-order valence-corrected chi connectivity index (χ3v) is 1.16. The minimum Gasteiger partial charge on any atom is -0.384 e. The summed E-state index contributed by atoms with van der Waals surface area (Å²) in [5.41, 5.74) is 0. The van der Waals surface area contributed by atoms with E-state index in [9.17, 15) is 0 Å². The van der Waals surface area contributed by atoms with Gasteiger partial charge in [0.2, 0.25) is 0 Å². The van der Waals surface area contributed by atoms with Crippen LogP contribution in [0.3, 0.4) is 0 Å². The average molecular weight is 150 g/mol. The van der Waals surface area contributed by atoms with Gasteiger partial charge in [-0.15, -0.1) is 5.92 Å². The predicted molar refractivity (Wildman–Crippen MR) is 46.8 cm³/mol. The topological polar surface area (TPSA) is 20.2 Å². The normalized spacial score (nSPS) is 7.45. The highest BCUT2D eigenvalue weighted by Crippen LogP contribution is 1.90. The van der Waals surface area contributed by atoms with E-state index in [1.807, 2.05) is 0 Å². The zero-order chi connectivity index (χ0) is 8.36. The van der Waals surface area contributed by atoms with Crippen LogP contribution in [0.2, 0.25) is 0 Å². The van der Waals surface area contributed by atoms with E-state index in [2.05, 4.69) is 30.6 Å². The van der Waals surface area contributed by atoms with Gasteiger partial charge in [-0.05, 0) is 6.42 Å². The molecule has 1 nitrogen and oxygen atoms in total. The van der Waals surface area contributed by atoms with E-state index >= 15 is 0 Å². The van der Waals surface area contributed by atoms with Gasteiger partial charge in [0.05, 0.1) is 6.42 Å². The zero-order valence-corrected chi connectivity index (χ0v) is 6.98. The Hall–Kier alpha value is -0.920. The second-order valence-electron chi connectivity index (χ2n) is 2.15. The Kier molecular flexibility index (Phi) is 8.32. The molecule has 0 aromatic heterocycles. The van der Waals surface area contributed by atoms with Gasteiger partial charge in [0.1, 0.15) is 6.61 Å². The highest BCUT2D eigenvalue weighted by molar-refractivity contribution is 5.11. The van der Waals surface area contributed by atoms with Crippen LogP contribution in [-0.4, -0.2) is 11.7 Å². The van der Waals surface area contributed by atoms with Crippen molar-refractivity contribution in [3.8, 4) is 23.7 Å². The number of aliphatic hydroxyl groups is 1. The summed E-state index contributed by atoms with van der Waals surface area (Å²) in [6, 6.07) is 0. The Bertz CT molecular complexity index is 184. The maximum atomic E-state index is 8.29. The van der Waals surface area contributed by atoms with Crippen LogP contribution in [0.4, 0.5) is 0 Å². The molecule has 0 rings (SSSR count). The molecule has 0 saturated heterocycles. The maximum Gasteiger partial charge on any atom is 0.104 e. The van der Waals surface area contributed by atoms with Gasteiger partial charge in [-0.1, -0.05) is 31.1 Å². The first-order chi connectivity index (χ1) is 5.41. The quantitative estimate of drug-likeness (QED) is 0.468. The van der Waals surface area contributed by atoms with Crippen molar-refractivity contribution in [2.24, 2.45) is 0 Å². The number of aliphatic hydroxyl groups excluding tert-OH is 1. The lowest BCUT2D eigenvalue weighted by Crippen LogP contribution is -1.71. The lowest BCUT2D eigenvalue weighted by molar-refractivity contribution is 0.350. The van der Waals surface area contributed by atoms with Gasteiger partial charge in [-0.3, -0.25) is 0 Å². The summed E-state index contributed by atoms with van der Waals surface area (Å²) in [6.45, 7) is 2.09. The largest absolute Gasteiger partial charge is 0.384 e. The smallest absolute Gasteiger partial charge is 0.104 e. The van der Waals surface area contributed by atoms with E-state index in [0.717, 1.165) is 6.42 Å². The summed E-state index contributed by atoms with van der Waals surface area (Å²) in [5.74, 6) is 11.2. The van der Waals surface area contributed by atoms with Crippen LogP contribution in [0.15, 0.2) is 0 Å². The van der Waals surface area contributed by atoms with Crippen molar-refractivity contribution in [1.82, 2.24) is 0 Å². The van der Waals surface area contributed by atoms with Crippen LogP contribution in [0.1, 0.15) is 32.6 Å². The molecular formula is C10H14O. The molecule has 0 saturated carbocycles. The second kappa shape index (κ2) is 9.08. The fraction of sp³-hybridized carbons (Fsp3) is 0.600. The van der Waals surface area contributed by atoms with Crippen LogP contribution in [0.25, 0.3) is 0 Å². The first-order valence-corrected chi connectivity index (χ1v) is 3.94. The molecule has 0 aromatic rings. The molecule has 0 spiro atoms. The fourth-order valence-corrected chi connectivity index (χ4v) is 0.579. The molecule has 0 bridgehead atoms. The van der Waals surface area contributed by atoms with E-state index in [0.29, 0.717) is 6.42 Å². The molecule has 11 heavy (non-hydrogen) atoms. The Balaban J connectivity index is 3.25. The Morgan fingerprint density at radius 1 is 1.09 bits per heavy atom. The molecule has 0 heterocycles. The molecule has 0 aliphatic rings. The summed E-state index contributed by atoms with van der Waals surface area (Å²) in [4.78, 5) is 0.